The van der Waals surface area contributed by atoms with Crippen LogP contribution in [-0.2, 0) is 6.54 Å². The van der Waals surface area contributed by atoms with Gasteiger partial charge in [-0.25, -0.2) is 0 Å². The van der Waals surface area contributed by atoms with Crippen molar-refractivity contribution in [3.05, 3.63) is 29.6 Å². The van der Waals surface area contributed by atoms with Gasteiger partial charge in [-0.15, -0.1) is 0 Å². The summed E-state index contributed by atoms with van der Waals surface area (Å²) in [6, 6.07) is 3.79. The van der Waals surface area contributed by atoms with E-state index in [0.29, 0.717) is 18.8 Å². The minimum Gasteiger partial charge on any atom is -0.389 e. The molecule has 1 aliphatic rings. The highest BCUT2D eigenvalue weighted by Gasteiger charge is 2.28. The first kappa shape index (κ1) is 13.0. The summed E-state index contributed by atoms with van der Waals surface area (Å²) in [5.74, 6) is -0.00521. The number of pyridine rings is 1. The number of aromatic nitrogens is 1. The Balaban J connectivity index is 2.12. The fourth-order valence-corrected chi connectivity index (χ4v) is 2.51. The quantitative estimate of drug-likeness (QED) is 0.543. The number of nitrogens with one attached hydrogen (secondary N) is 1. The molecule has 5 nitrogen and oxygen atoms in total. The van der Waals surface area contributed by atoms with Gasteiger partial charge in [-0.1, -0.05) is 6.07 Å². The number of rotatable bonds is 3. The molecule has 18 heavy (non-hydrogen) atoms. The number of β-amino-alcohol motifs (C(OH)–C–C–N with tert-alkyl or cyclic N) is 1. The molecule has 1 atom stereocenters. The number of hydrogen-bond acceptors (Lipinski definition) is 4. The van der Waals surface area contributed by atoms with Crippen molar-refractivity contribution < 1.29 is 5.11 Å². The van der Waals surface area contributed by atoms with Crippen LogP contribution in [0.5, 0.6) is 0 Å². The van der Waals surface area contributed by atoms with E-state index in [0.717, 1.165) is 24.9 Å². The van der Waals surface area contributed by atoms with Gasteiger partial charge >= 0.3 is 0 Å². The Morgan fingerprint density at radius 2 is 2.44 bits per heavy atom. The summed E-state index contributed by atoms with van der Waals surface area (Å²) < 4.78 is 0. The Morgan fingerprint density at radius 1 is 1.67 bits per heavy atom. The van der Waals surface area contributed by atoms with Gasteiger partial charge < -0.3 is 10.8 Å². The zero-order valence-corrected chi connectivity index (χ0v) is 10.7. The smallest absolute Gasteiger partial charge is 0.142 e. The van der Waals surface area contributed by atoms with Gasteiger partial charge in [0.25, 0.3) is 0 Å². The first-order valence-corrected chi connectivity index (χ1v) is 6.21. The van der Waals surface area contributed by atoms with E-state index < -0.39 is 5.60 Å². The average Bonchev–Trinajstić information content (AvgIpc) is 2.28. The lowest BCUT2D eigenvalue weighted by Gasteiger charge is -2.37. The molecule has 0 amide bonds. The van der Waals surface area contributed by atoms with Crippen molar-refractivity contribution in [1.29, 1.82) is 5.41 Å². The number of piperidine rings is 1. The summed E-state index contributed by atoms with van der Waals surface area (Å²) in [4.78, 5) is 6.33. The standard InChI is InChI=1S/C13H20N4O/c1-13(18)5-3-7-17(9-13)8-10-4-2-6-16-11(10)12(14)15/h2,4,6,18H,3,5,7-9H2,1H3,(H3,14,15). The number of nitrogens with two attached hydrogens (primary N) is 1. The van der Waals surface area contributed by atoms with Crippen molar-refractivity contribution in [3.63, 3.8) is 0 Å². The maximum atomic E-state index is 10.1. The summed E-state index contributed by atoms with van der Waals surface area (Å²) in [5.41, 5.74) is 6.40. The number of amidine groups is 1. The van der Waals surface area contributed by atoms with Gasteiger partial charge in [0.05, 0.1) is 5.60 Å². The summed E-state index contributed by atoms with van der Waals surface area (Å²) in [6.45, 7) is 4.16. The van der Waals surface area contributed by atoms with E-state index in [1.54, 1.807) is 6.20 Å². The third-order valence-electron chi connectivity index (χ3n) is 3.29. The normalized spacial score (nSPS) is 25.0. The van der Waals surface area contributed by atoms with Gasteiger partial charge in [0, 0.05) is 19.3 Å². The second kappa shape index (κ2) is 5.04. The summed E-state index contributed by atoms with van der Waals surface area (Å²) >= 11 is 0. The maximum absolute atomic E-state index is 10.1. The molecular formula is C13H20N4O. The summed E-state index contributed by atoms with van der Waals surface area (Å²) in [5, 5.41) is 17.6. The molecule has 5 heteroatoms. The number of hydrogen-bond donors (Lipinski definition) is 3. The first-order valence-electron chi connectivity index (χ1n) is 6.21. The van der Waals surface area contributed by atoms with Crippen molar-refractivity contribution >= 4 is 5.84 Å². The molecule has 1 aromatic heterocycles. The van der Waals surface area contributed by atoms with Crippen LogP contribution >= 0.6 is 0 Å². The first-order chi connectivity index (χ1) is 8.48. The molecule has 1 saturated heterocycles. The van der Waals surface area contributed by atoms with Crippen LogP contribution in [0.3, 0.4) is 0 Å². The molecule has 0 aliphatic carbocycles. The van der Waals surface area contributed by atoms with Crippen LogP contribution in [-0.4, -0.2) is 39.5 Å². The van der Waals surface area contributed by atoms with E-state index in [9.17, 15) is 5.11 Å². The van der Waals surface area contributed by atoms with Crippen molar-refractivity contribution in [2.45, 2.75) is 31.9 Å². The molecule has 1 aromatic rings. The topological polar surface area (TPSA) is 86.2 Å². The number of aliphatic hydroxyl groups is 1. The van der Waals surface area contributed by atoms with Crippen molar-refractivity contribution in [1.82, 2.24) is 9.88 Å². The molecule has 0 radical (unpaired) electrons. The monoisotopic (exact) mass is 248 g/mol. The molecule has 98 valence electrons. The Morgan fingerprint density at radius 3 is 3.11 bits per heavy atom. The van der Waals surface area contributed by atoms with E-state index in [2.05, 4.69) is 9.88 Å². The van der Waals surface area contributed by atoms with Crippen molar-refractivity contribution in [2.75, 3.05) is 13.1 Å². The van der Waals surface area contributed by atoms with Crippen molar-refractivity contribution in [3.8, 4) is 0 Å². The average molecular weight is 248 g/mol. The molecular weight excluding hydrogens is 228 g/mol. The Labute approximate surface area is 107 Å². The molecule has 0 aromatic carbocycles. The second-order valence-corrected chi connectivity index (χ2v) is 5.24. The third-order valence-corrected chi connectivity index (χ3v) is 3.29. The number of nitrogen functional groups attached to an aromatic ring is 1. The SMILES string of the molecule is CC1(O)CCCN(Cc2cccnc2C(=N)N)C1. The van der Waals surface area contributed by atoms with Crippen LogP contribution in [0.2, 0.25) is 0 Å². The predicted molar refractivity (Wildman–Crippen MR) is 70.4 cm³/mol. The highest BCUT2D eigenvalue weighted by Crippen LogP contribution is 2.22. The molecule has 0 saturated carbocycles. The minimum atomic E-state index is -0.614. The van der Waals surface area contributed by atoms with Crippen molar-refractivity contribution in [2.24, 2.45) is 5.73 Å². The molecule has 1 fully saturated rings. The zero-order valence-electron chi connectivity index (χ0n) is 10.7. The number of nitrogens with zero attached hydrogens (tertiary/aromatic N) is 2. The molecule has 4 N–H and O–H groups in total. The predicted octanol–water partition coefficient (Wildman–Crippen LogP) is 0.712. The molecule has 0 bridgehead atoms. The highest BCUT2D eigenvalue weighted by molar-refractivity contribution is 5.94. The molecule has 0 spiro atoms. The minimum absolute atomic E-state index is 0.00521. The maximum Gasteiger partial charge on any atom is 0.142 e. The zero-order chi connectivity index (χ0) is 13.2. The van der Waals surface area contributed by atoms with Crippen LogP contribution in [0.25, 0.3) is 0 Å². The fraction of sp³-hybridized carbons (Fsp3) is 0.538. The van der Waals surface area contributed by atoms with E-state index in [4.69, 9.17) is 11.1 Å². The molecule has 1 unspecified atom stereocenters. The molecule has 2 heterocycles. The van der Waals surface area contributed by atoms with Crippen LogP contribution in [0.1, 0.15) is 31.0 Å². The van der Waals surface area contributed by atoms with Gasteiger partial charge in [0.2, 0.25) is 0 Å². The van der Waals surface area contributed by atoms with Crippen LogP contribution < -0.4 is 5.73 Å². The lowest BCUT2D eigenvalue weighted by atomic mass is 9.95. The Hall–Kier alpha value is -1.46. The van der Waals surface area contributed by atoms with Gasteiger partial charge in [-0.05, 0) is 37.9 Å². The van der Waals surface area contributed by atoms with Crippen LogP contribution in [0, 0.1) is 5.41 Å². The third kappa shape index (κ3) is 3.05. The lowest BCUT2D eigenvalue weighted by molar-refractivity contribution is -0.0181. The lowest BCUT2D eigenvalue weighted by Crippen LogP contribution is -2.45. The molecule has 2 rings (SSSR count). The largest absolute Gasteiger partial charge is 0.389 e. The van der Waals surface area contributed by atoms with E-state index in [1.807, 2.05) is 19.1 Å². The Kier molecular flexibility index (Phi) is 3.63. The van der Waals surface area contributed by atoms with Gasteiger partial charge in [-0.3, -0.25) is 15.3 Å². The Bertz CT molecular complexity index is 444. The summed E-state index contributed by atoms with van der Waals surface area (Å²) in [6.07, 6.45) is 3.48. The van der Waals surface area contributed by atoms with Crippen LogP contribution in [0.15, 0.2) is 18.3 Å². The van der Waals surface area contributed by atoms with E-state index >= 15 is 0 Å². The fourth-order valence-electron chi connectivity index (χ4n) is 2.51. The van der Waals surface area contributed by atoms with Gasteiger partial charge in [0.15, 0.2) is 0 Å². The van der Waals surface area contributed by atoms with E-state index in [-0.39, 0.29) is 5.84 Å². The van der Waals surface area contributed by atoms with Gasteiger partial charge in [0.1, 0.15) is 11.5 Å². The van der Waals surface area contributed by atoms with Crippen LogP contribution in [0.4, 0.5) is 0 Å². The summed E-state index contributed by atoms with van der Waals surface area (Å²) in [7, 11) is 0. The number of likely N-dealkylation sites (tertiary alicyclic amines) is 1. The van der Waals surface area contributed by atoms with Gasteiger partial charge in [-0.2, -0.15) is 0 Å². The molecule has 1 aliphatic heterocycles. The van der Waals surface area contributed by atoms with E-state index in [1.165, 1.54) is 0 Å². The highest BCUT2D eigenvalue weighted by atomic mass is 16.3. The second-order valence-electron chi connectivity index (χ2n) is 5.24.